The monoisotopic (exact) mass is 346 g/mol. The fourth-order valence-corrected chi connectivity index (χ4v) is 1.89. The lowest BCUT2D eigenvalue weighted by molar-refractivity contribution is -0.120. The Morgan fingerprint density at radius 1 is 1.41 bits per heavy atom. The number of halogens is 2. The molecule has 1 atom stereocenters. The number of hydrogen-bond acceptors (Lipinski definition) is 6. The van der Waals surface area contributed by atoms with Crippen LogP contribution in [0.4, 0.5) is 5.69 Å². The fourth-order valence-electron chi connectivity index (χ4n) is 1.89. The minimum absolute atomic E-state index is 0. The molecule has 0 bridgehead atoms. The summed E-state index contributed by atoms with van der Waals surface area (Å²) in [6.45, 7) is 1.70. The number of carbonyl (C=O) groups is 1. The summed E-state index contributed by atoms with van der Waals surface area (Å²) in [5, 5.41) is 9.87. The normalized spacial score (nSPS) is 17.0. The van der Waals surface area contributed by atoms with Crippen LogP contribution in [-0.4, -0.2) is 51.5 Å². The Hall–Kier alpha value is -1.74. The average molecular weight is 347 g/mol. The zero-order valence-corrected chi connectivity index (χ0v) is 13.1. The predicted octanol–water partition coefficient (Wildman–Crippen LogP) is 0.433. The Morgan fingerprint density at radius 3 is 2.86 bits per heavy atom. The van der Waals surface area contributed by atoms with E-state index in [-0.39, 0.29) is 36.8 Å². The summed E-state index contributed by atoms with van der Waals surface area (Å²) in [7, 11) is 0. The standard InChI is InChI=1S/C12H14N6O2.2ClH/c19-12(10-6-20-4-3-14-10)17-9-1-2-11(15-5-9)18-8-13-7-16-18;;/h1-2,5,7-8,10,14H,3-4,6H2,(H,17,19);2*1H. The molecule has 2 aromatic rings. The number of nitrogens with zero attached hydrogens (tertiary/aromatic N) is 4. The number of hydrogen-bond donors (Lipinski definition) is 2. The van der Waals surface area contributed by atoms with Crippen LogP contribution in [0.5, 0.6) is 0 Å². The number of anilines is 1. The van der Waals surface area contributed by atoms with E-state index in [9.17, 15) is 4.79 Å². The molecule has 0 saturated carbocycles. The molecule has 1 aliphatic heterocycles. The van der Waals surface area contributed by atoms with Gasteiger partial charge in [0.15, 0.2) is 5.82 Å². The maximum atomic E-state index is 12.0. The lowest BCUT2D eigenvalue weighted by Gasteiger charge is -2.22. The molecule has 1 fully saturated rings. The first-order chi connectivity index (χ1) is 9.83. The van der Waals surface area contributed by atoms with Gasteiger partial charge in [0, 0.05) is 6.54 Å². The van der Waals surface area contributed by atoms with Crippen molar-refractivity contribution in [1.29, 1.82) is 0 Å². The van der Waals surface area contributed by atoms with Crippen molar-refractivity contribution in [1.82, 2.24) is 25.1 Å². The summed E-state index contributed by atoms with van der Waals surface area (Å²) in [5.74, 6) is 0.514. The smallest absolute Gasteiger partial charge is 0.243 e. The number of nitrogens with one attached hydrogen (secondary N) is 2. The number of aromatic nitrogens is 4. The largest absolute Gasteiger partial charge is 0.378 e. The van der Waals surface area contributed by atoms with Gasteiger partial charge in [0.1, 0.15) is 18.7 Å². The first-order valence-electron chi connectivity index (χ1n) is 6.26. The minimum Gasteiger partial charge on any atom is -0.378 e. The van der Waals surface area contributed by atoms with Crippen molar-refractivity contribution in [3.63, 3.8) is 0 Å². The molecule has 2 N–H and O–H groups in total. The quantitative estimate of drug-likeness (QED) is 0.837. The molecule has 0 aromatic carbocycles. The minimum atomic E-state index is -0.321. The number of morpholine rings is 1. The maximum Gasteiger partial charge on any atom is 0.243 e. The van der Waals surface area contributed by atoms with Crippen LogP contribution in [0, 0.1) is 0 Å². The van der Waals surface area contributed by atoms with Crippen LogP contribution < -0.4 is 10.6 Å². The predicted molar refractivity (Wildman–Crippen MR) is 84.9 cm³/mol. The van der Waals surface area contributed by atoms with Gasteiger partial charge in [-0.25, -0.2) is 14.6 Å². The van der Waals surface area contributed by atoms with Gasteiger partial charge in [-0.1, -0.05) is 0 Å². The summed E-state index contributed by atoms with van der Waals surface area (Å²) in [6.07, 6.45) is 4.58. The van der Waals surface area contributed by atoms with E-state index in [1.807, 2.05) is 0 Å². The van der Waals surface area contributed by atoms with E-state index in [0.29, 0.717) is 31.3 Å². The summed E-state index contributed by atoms with van der Waals surface area (Å²) >= 11 is 0. The van der Waals surface area contributed by atoms with Crippen LogP contribution in [0.1, 0.15) is 0 Å². The molecule has 1 aliphatic rings. The summed E-state index contributed by atoms with van der Waals surface area (Å²) in [5.41, 5.74) is 0.631. The first-order valence-corrected chi connectivity index (χ1v) is 6.26. The highest BCUT2D eigenvalue weighted by Crippen LogP contribution is 2.09. The summed E-state index contributed by atoms with van der Waals surface area (Å²) in [6, 6.07) is 3.21. The van der Waals surface area contributed by atoms with Crippen LogP contribution in [0.15, 0.2) is 31.0 Å². The number of pyridine rings is 1. The van der Waals surface area contributed by atoms with Crippen molar-refractivity contribution in [2.75, 3.05) is 25.1 Å². The van der Waals surface area contributed by atoms with Crippen molar-refractivity contribution < 1.29 is 9.53 Å². The SMILES string of the molecule is Cl.Cl.O=C(Nc1ccc(-n2cncn2)nc1)C1COCCN1. The topological polar surface area (TPSA) is 94.0 Å². The Bertz CT molecular complexity index is 572. The van der Waals surface area contributed by atoms with E-state index in [1.54, 1.807) is 29.3 Å². The van der Waals surface area contributed by atoms with Crippen molar-refractivity contribution in [2.24, 2.45) is 0 Å². The molecule has 0 spiro atoms. The lowest BCUT2D eigenvalue weighted by atomic mass is 10.2. The molecule has 0 aliphatic carbocycles. The average Bonchev–Trinajstić information content (AvgIpc) is 3.03. The van der Waals surface area contributed by atoms with Crippen LogP contribution in [0.3, 0.4) is 0 Å². The molecule has 8 nitrogen and oxygen atoms in total. The molecule has 3 heterocycles. The fraction of sp³-hybridized carbons (Fsp3) is 0.333. The summed E-state index contributed by atoms with van der Waals surface area (Å²) in [4.78, 5) is 20.0. The van der Waals surface area contributed by atoms with Gasteiger partial charge in [0.2, 0.25) is 5.91 Å². The molecule has 1 unspecified atom stereocenters. The van der Waals surface area contributed by atoms with Crippen LogP contribution >= 0.6 is 24.8 Å². The second-order valence-electron chi connectivity index (χ2n) is 4.32. The first kappa shape index (κ1) is 18.3. The highest BCUT2D eigenvalue weighted by atomic mass is 35.5. The third kappa shape index (κ3) is 4.38. The zero-order chi connectivity index (χ0) is 13.8. The van der Waals surface area contributed by atoms with Crippen molar-refractivity contribution >= 4 is 36.4 Å². The van der Waals surface area contributed by atoms with Crippen LogP contribution in [0.25, 0.3) is 5.82 Å². The number of ether oxygens (including phenoxy) is 1. The van der Waals surface area contributed by atoms with E-state index in [2.05, 4.69) is 25.7 Å². The number of amides is 1. The van der Waals surface area contributed by atoms with Gasteiger partial charge in [0.05, 0.1) is 25.1 Å². The molecule has 1 amide bonds. The molecule has 120 valence electrons. The molecule has 1 saturated heterocycles. The highest BCUT2D eigenvalue weighted by molar-refractivity contribution is 5.94. The second-order valence-corrected chi connectivity index (χ2v) is 4.32. The van der Waals surface area contributed by atoms with E-state index in [0.717, 1.165) is 0 Å². The Labute approximate surface area is 139 Å². The zero-order valence-electron chi connectivity index (χ0n) is 11.5. The molecule has 22 heavy (non-hydrogen) atoms. The van der Waals surface area contributed by atoms with E-state index >= 15 is 0 Å². The lowest BCUT2D eigenvalue weighted by Crippen LogP contribution is -2.48. The van der Waals surface area contributed by atoms with E-state index in [1.165, 1.54) is 6.33 Å². The molecular weight excluding hydrogens is 331 g/mol. The van der Waals surface area contributed by atoms with Crippen molar-refractivity contribution in [3.8, 4) is 5.82 Å². The van der Waals surface area contributed by atoms with Gasteiger partial charge in [-0.05, 0) is 12.1 Å². The van der Waals surface area contributed by atoms with Crippen LogP contribution in [-0.2, 0) is 9.53 Å². The van der Waals surface area contributed by atoms with Gasteiger partial charge < -0.3 is 15.4 Å². The number of rotatable bonds is 3. The van der Waals surface area contributed by atoms with Gasteiger partial charge >= 0.3 is 0 Å². The third-order valence-corrected chi connectivity index (χ3v) is 2.91. The molecule has 10 heteroatoms. The Morgan fingerprint density at radius 2 is 2.27 bits per heavy atom. The summed E-state index contributed by atoms with van der Waals surface area (Å²) < 4.78 is 6.80. The number of carbonyl (C=O) groups excluding carboxylic acids is 1. The van der Waals surface area contributed by atoms with Crippen LogP contribution in [0.2, 0.25) is 0 Å². The van der Waals surface area contributed by atoms with Gasteiger partial charge in [0.25, 0.3) is 0 Å². The molecular formula is C12H16Cl2N6O2. The Kier molecular flexibility index (Phi) is 7.19. The molecule has 0 radical (unpaired) electrons. The highest BCUT2D eigenvalue weighted by Gasteiger charge is 2.21. The molecule has 2 aromatic heterocycles. The van der Waals surface area contributed by atoms with Gasteiger partial charge in [-0.3, -0.25) is 4.79 Å². The van der Waals surface area contributed by atoms with Crippen molar-refractivity contribution in [2.45, 2.75) is 6.04 Å². The molecule has 3 rings (SSSR count). The van der Waals surface area contributed by atoms with Crippen molar-refractivity contribution in [3.05, 3.63) is 31.0 Å². The van der Waals surface area contributed by atoms with E-state index in [4.69, 9.17) is 4.74 Å². The third-order valence-electron chi connectivity index (χ3n) is 2.91. The second kappa shape index (κ2) is 8.64. The maximum absolute atomic E-state index is 12.0. The van der Waals surface area contributed by atoms with Gasteiger partial charge in [-0.15, -0.1) is 24.8 Å². The van der Waals surface area contributed by atoms with E-state index < -0.39 is 0 Å². The van der Waals surface area contributed by atoms with Gasteiger partial charge in [-0.2, -0.15) is 5.10 Å². The Balaban J connectivity index is 0.00000121.